The number of rotatable bonds is 10. The Morgan fingerprint density at radius 2 is 1.68 bits per heavy atom. The highest BCUT2D eigenvalue weighted by Gasteiger charge is 2.13. The zero-order chi connectivity index (χ0) is 16.4. The molecular formula is C16H26N2O4. The van der Waals surface area contributed by atoms with Crippen molar-refractivity contribution in [3.8, 4) is 17.2 Å². The van der Waals surface area contributed by atoms with Crippen LogP contribution in [0.5, 0.6) is 17.2 Å². The number of hydrogen-bond donors (Lipinski definition) is 2. The van der Waals surface area contributed by atoms with E-state index in [9.17, 15) is 4.79 Å². The quantitative estimate of drug-likeness (QED) is 0.650. The first-order valence-electron chi connectivity index (χ1n) is 7.46. The second-order valence-electron chi connectivity index (χ2n) is 4.79. The van der Waals surface area contributed by atoms with Gasteiger partial charge in [0, 0.05) is 37.3 Å². The van der Waals surface area contributed by atoms with Crippen LogP contribution in [-0.2, 0) is 4.79 Å². The summed E-state index contributed by atoms with van der Waals surface area (Å²) in [6, 6.07) is 3.63. The fourth-order valence-corrected chi connectivity index (χ4v) is 2.00. The van der Waals surface area contributed by atoms with Crippen molar-refractivity contribution in [1.29, 1.82) is 0 Å². The Kier molecular flexibility index (Phi) is 7.96. The number of amides is 1. The zero-order valence-electron chi connectivity index (χ0n) is 13.8. The molecule has 0 spiro atoms. The molecule has 0 aliphatic heterocycles. The van der Waals surface area contributed by atoms with Gasteiger partial charge in [-0.25, -0.2) is 0 Å². The van der Waals surface area contributed by atoms with Crippen molar-refractivity contribution in [2.45, 2.75) is 26.2 Å². The van der Waals surface area contributed by atoms with Crippen LogP contribution < -0.4 is 24.8 Å². The summed E-state index contributed by atoms with van der Waals surface area (Å²) in [7, 11) is 4.71. The molecule has 22 heavy (non-hydrogen) atoms. The van der Waals surface area contributed by atoms with Crippen LogP contribution in [0.3, 0.4) is 0 Å². The molecule has 0 aliphatic carbocycles. The summed E-state index contributed by atoms with van der Waals surface area (Å²) >= 11 is 0. The molecule has 6 heteroatoms. The van der Waals surface area contributed by atoms with Gasteiger partial charge in [-0.1, -0.05) is 13.3 Å². The van der Waals surface area contributed by atoms with Gasteiger partial charge < -0.3 is 24.8 Å². The molecule has 124 valence electrons. The van der Waals surface area contributed by atoms with E-state index in [1.807, 2.05) is 12.1 Å². The van der Waals surface area contributed by atoms with Crippen molar-refractivity contribution < 1.29 is 19.0 Å². The maximum absolute atomic E-state index is 11.6. The van der Waals surface area contributed by atoms with Gasteiger partial charge >= 0.3 is 0 Å². The molecule has 1 aromatic rings. The summed E-state index contributed by atoms with van der Waals surface area (Å²) in [5, 5.41) is 6.08. The Morgan fingerprint density at radius 3 is 2.18 bits per heavy atom. The van der Waals surface area contributed by atoms with E-state index in [4.69, 9.17) is 14.2 Å². The number of carbonyl (C=O) groups excluding carboxylic acids is 1. The third-order valence-electron chi connectivity index (χ3n) is 3.20. The minimum atomic E-state index is 0.0494. The highest BCUT2D eigenvalue weighted by atomic mass is 16.5. The topological polar surface area (TPSA) is 68.8 Å². The first kappa shape index (κ1) is 17.9. The minimum absolute atomic E-state index is 0.0494. The van der Waals surface area contributed by atoms with Crippen LogP contribution in [0, 0.1) is 0 Å². The molecule has 0 heterocycles. The van der Waals surface area contributed by atoms with Gasteiger partial charge in [-0.2, -0.15) is 0 Å². The van der Waals surface area contributed by atoms with Gasteiger partial charge in [0.15, 0.2) is 11.5 Å². The molecule has 0 bridgehead atoms. The first-order valence-corrected chi connectivity index (χ1v) is 7.46. The molecule has 1 rings (SSSR count). The number of ether oxygens (including phenoxy) is 3. The van der Waals surface area contributed by atoms with E-state index in [0.29, 0.717) is 30.2 Å². The minimum Gasteiger partial charge on any atom is -0.493 e. The monoisotopic (exact) mass is 310 g/mol. The van der Waals surface area contributed by atoms with Crippen LogP contribution in [0.1, 0.15) is 26.2 Å². The Balaban J connectivity index is 2.57. The second-order valence-corrected chi connectivity index (χ2v) is 4.79. The average Bonchev–Trinajstić information content (AvgIpc) is 2.54. The van der Waals surface area contributed by atoms with E-state index in [2.05, 4.69) is 17.6 Å². The first-order chi connectivity index (χ1) is 10.7. The highest BCUT2D eigenvalue weighted by molar-refractivity contribution is 5.76. The van der Waals surface area contributed by atoms with Gasteiger partial charge in [-0.05, 0) is 6.42 Å². The summed E-state index contributed by atoms with van der Waals surface area (Å²) in [5.74, 6) is 1.76. The van der Waals surface area contributed by atoms with Crippen LogP contribution in [0.4, 0.5) is 5.69 Å². The predicted octanol–water partition coefficient (Wildman–Crippen LogP) is 2.43. The van der Waals surface area contributed by atoms with Crippen molar-refractivity contribution in [2.75, 3.05) is 39.7 Å². The van der Waals surface area contributed by atoms with Crippen molar-refractivity contribution >= 4 is 11.6 Å². The Labute approximate surface area is 132 Å². The van der Waals surface area contributed by atoms with E-state index in [0.717, 1.165) is 25.1 Å². The number of anilines is 1. The smallest absolute Gasteiger partial charge is 0.221 e. The lowest BCUT2D eigenvalue weighted by Gasteiger charge is -2.15. The van der Waals surface area contributed by atoms with Gasteiger partial charge in [0.2, 0.25) is 11.7 Å². The maximum atomic E-state index is 11.6. The number of methoxy groups -OCH3 is 3. The largest absolute Gasteiger partial charge is 0.493 e. The third kappa shape index (κ3) is 5.35. The molecule has 2 N–H and O–H groups in total. The van der Waals surface area contributed by atoms with Crippen LogP contribution in [0.15, 0.2) is 12.1 Å². The predicted molar refractivity (Wildman–Crippen MR) is 87.1 cm³/mol. The fourth-order valence-electron chi connectivity index (χ4n) is 2.00. The summed E-state index contributed by atoms with van der Waals surface area (Å²) in [4.78, 5) is 11.6. The average molecular weight is 310 g/mol. The van der Waals surface area contributed by atoms with Gasteiger partial charge in [-0.15, -0.1) is 0 Å². The van der Waals surface area contributed by atoms with Crippen LogP contribution in [0.25, 0.3) is 0 Å². The summed E-state index contributed by atoms with van der Waals surface area (Å²) in [5.41, 5.74) is 0.816. The number of carbonyl (C=O) groups is 1. The number of hydrogen-bond acceptors (Lipinski definition) is 5. The summed E-state index contributed by atoms with van der Waals surface area (Å²) < 4.78 is 15.8. The summed E-state index contributed by atoms with van der Waals surface area (Å²) in [6.45, 7) is 3.37. The third-order valence-corrected chi connectivity index (χ3v) is 3.20. The standard InChI is InChI=1S/C16H26N2O4/c1-5-6-8-18-15(19)7-9-17-12-10-13(20-2)16(22-4)14(11-12)21-3/h10-11,17H,5-9H2,1-4H3,(H,18,19). The lowest BCUT2D eigenvalue weighted by Crippen LogP contribution is -2.26. The Morgan fingerprint density at radius 1 is 1.05 bits per heavy atom. The second kappa shape index (κ2) is 9.76. The number of nitrogens with one attached hydrogen (secondary N) is 2. The molecule has 1 aromatic carbocycles. The van der Waals surface area contributed by atoms with Crippen molar-refractivity contribution in [1.82, 2.24) is 5.32 Å². The van der Waals surface area contributed by atoms with Crippen molar-refractivity contribution in [3.05, 3.63) is 12.1 Å². The van der Waals surface area contributed by atoms with Crippen LogP contribution >= 0.6 is 0 Å². The Bertz CT molecular complexity index is 452. The van der Waals surface area contributed by atoms with Gasteiger partial charge in [0.1, 0.15) is 0 Å². The van der Waals surface area contributed by atoms with Gasteiger partial charge in [-0.3, -0.25) is 4.79 Å². The van der Waals surface area contributed by atoms with Crippen LogP contribution in [-0.4, -0.2) is 40.3 Å². The number of unbranched alkanes of at least 4 members (excludes halogenated alkanes) is 1. The fraction of sp³-hybridized carbons (Fsp3) is 0.562. The molecule has 1 amide bonds. The van der Waals surface area contributed by atoms with E-state index >= 15 is 0 Å². The van der Waals surface area contributed by atoms with Gasteiger partial charge in [0.05, 0.1) is 21.3 Å². The van der Waals surface area contributed by atoms with Crippen molar-refractivity contribution in [3.63, 3.8) is 0 Å². The lowest BCUT2D eigenvalue weighted by atomic mass is 10.2. The maximum Gasteiger partial charge on any atom is 0.221 e. The molecule has 0 saturated heterocycles. The molecule has 0 saturated carbocycles. The van der Waals surface area contributed by atoms with Gasteiger partial charge in [0.25, 0.3) is 0 Å². The molecule has 0 radical (unpaired) electrons. The molecular weight excluding hydrogens is 284 g/mol. The lowest BCUT2D eigenvalue weighted by molar-refractivity contribution is -0.120. The van der Waals surface area contributed by atoms with Crippen molar-refractivity contribution in [2.24, 2.45) is 0 Å². The molecule has 0 aromatic heterocycles. The molecule has 0 atom stereocenters. The van der Waals surface area contributed by atoms with E-state index in [1.165, 1.54) is 0 Å². The van der Waals surface area contributed by atoms with Crippen LogP contribution in [0.2, 0.25) is 0 Å². The number of benzene rings is 1. The normalized spacial score (nSPS) is 10.0. The SMILES string of the molecule is CCCCNC(=O)CCNc1cc(OC)c(OC)c(OC)c1. The molecule has 0 aliphatic rings. The summed E-state index contributed by atoms with van der Waals surface area (Å²) in [6.07, 6.45) is 2.50. The molecule has 0 fully saturated rings. The Hall–Kier alpha value is -2.11. The van der Waals surface area contributed by atoms with E-state index < -0.39 is 0 Å². The highest BCUT2D eigenvalue weighted by Crippen LogP contribution is 2.39. The molecule has 6 nitrogen and oxygen atoms in total. The zero-order valence-corrected chi connectivity index (χ0v) is 13.8. The van der Waals surface area contributed by atoms with E-state index in [-0.39, 0.29) is 5.91 Å². The molecule has 0 unspecified atom stereocenters. The van der Waals surface area contributed by atoms with E-state index in [1.54, 1.807) is 21.3 Å².